The Balaban J connectivity index is 0.00000288. The topological polar surface area (TPSA) is 61.8 Å². The summed E-state index contributed by atoms with van der Waals surface area (Å²) in [6.07, 6.45) is 2.18. The van der Waals surface area contributed by atoms with Crippen molar-refractivity contribution in [3.63, 3.8) is 0 Å². The zero-order valence-electron chi connectivity index (χ0n) is 15.1. The van der Waals surface area contributed by atoms with Gasteiger partial charge in [-0.15, -0.1) is 24.0 Å². The summed E-state index contributed by atoms with van der Waals surface area (Å²) in [6.45, 7) is 12.4. The number of rotatable bonds is 5. The molecule has 0 saturated carbocycles. The van der Waals surface area contributed by atoms with Gasteiger partial charge in [0.05, 0.1) is 19.3 Å². The predicted octanol–water partition coefficient (Wildman–Crippen LogP) is 2.39. The Bertz CT molecular complexity index is 506. The van der Waals surface area contributed by atoms with Crippen molar-refractivity contribution in [1.29, 1.82) is 0 Å². The minimum atomic E-state index is 0. The van der Waals surface area contributed by atoms with Crippen LogP contribution in [0.25, 0.3) is 0 Å². The summed E-state index contributed by atoms with van der Waals surface area (Å²) in [5.74, 6) is 1.86. The van der Waals surface area contributed by atoms with Gasteiger partial charge in [-0.3, -0.25) is 0 Å². The molecule has 2 N–H and O–H groups in total. The minimum absolute atomic E-state index is 0. The zero-order valence-corrected chi connectivity index (χ0v) is 17.4. The Morgan fingerprint density at radius 1 is 1.46 bits per heavy atom. The van der Waals surface area contributed by atoms with Crippen LogP contribution in [0.2, 0.25) is 0 Å². The Hall–Kier alpha value is -1.09. The van der Waals surface area contributed by atoms with Gasteiger partial charge in [-0.2, -0.15) is 0 Å². The number of halogens is 1. The van der Waals surface area contributed by atoms with Gasteiger partial charge in [-0.1, -0.05) is 6.07 Å². The van der Waals surface area contributed by atoms with E-state index in [2.05, 4.69) is 65.3 Å². The van der Waals surface area contributed by atoms with E-state index in [1.165, 1.54) is 0 Å². The lowest BCUT2D eigenvalue weighted by atomic mass is 10.2. The number of nitrogens with one attached hydrogen (secondary N) is 2. The molecule has 1 fully saturated rings. The van der Waals surface area contributed by atoms with Crippen LogP contribution in [0.1, 0.15) is 33.3 Å². The number of pyridine rings is 1. The molecule has 7 heteroatoms. The summed E-state index contributed by atoms with van der Waals surface area (Å²) < 4.78 is 5.57. The van der Waals surface area contributed by atoms with Crippen molar-refractivity contribution < 1.29 is 4.74 Å². The van der Waals surface area contributed by atoms with Gasteiger partial charge < -0.3 is 20.3 Å². The first-order valence-electron chi connectivity index (χ1n) is 8.44. The summed E-state index contributed by atoms with van der Waals surface area (Å²) in [5.41, 5.74) is 1.11. The fourth-order valence-electron chi connectivity index (χ4n) is 2.49. The third-order valence-electron chi connectivity index (χ3n) is 3.56. The Morgan fingerprint density at radius 2 is 2.25 bits per heavy atom. The lowest BCUT2D eigenvalue weighted by Gasteiger charge is -2.32. The van der Waals surface area contributed by atoms with Crippen LogP contribution in [-0.2, 0) is 11.3 Å². The van der Waals surface area contributed by atoms with E-state index in [1.807, 2.05) is 6.20 Å². The normalized spacial score (nSPS) is 18.3. The summed E-state index contributed by atoms with van der Waals surface area (Å²) >= 11 is 0. The quantitative estimate of drug-likeness (QED) is 0.413. The maximum atomic E-state index is 5.57. The summed E-state index contributed by atoms with van der Waals surface area (Å²) in [5, 5.41) is 6.56. The van der Waals surface area contributed by atoms with E-state index in [4.69, 9.17) is 4.74 Å². The van der Waals surface area contributed by atoms with E-state index in [-0.39, 0.29) is 30.1 Å². The predicted molar refractivity (Wildman–Crippen MR) is 110 cm³/mol. The standard InChI is InChI=1S/C17H29N5O.HI/c1-5-18-17(21-13(2)3)20-11-15-6-7-16(19-10-15)22-8-9-23-14(4)12-22;/h6-7,10,13-14H,5,8-9,11-12H2,1-4H3,(H2,18,20,21);1H. The molecule has 0 spiro atoms. The molecular formula is C17H30IN5O. The van der Waals surface area contributed by atoms with Crippen molar-refractivity contribution in [2.75, 3.05) is 31.1 Å². The minimum Gasteiger partial charge on any atom is -0.375 e. The smallest absolute Gasteiger partial charge is 0.191 e. The molecule has 6 nitrogen and oxygen atoms in total. The second-order valence-electron chi connectivity index (χ2n) is 6.15. The number of aromatic nitrogens is 1. The molecule has 1 unspecified atom stereocenters. The van der Waals surface area contributed by atoms with E-state index >= 15 is 0 Å². The zero-order chi connectivity index (χ0) is 16.7. The summed E-state index contributed by atoms with van der Waals surface area (Å²) in [4.78, 5) is 11.5. The second kappa shape index (κ2) is 10.7. The van der Waals surface area contributed by atoms with Crippen LogP contribution in [0.3, 0.4) is 0 Å². The molecule has 24 heavy (non-hydrogen) atoms. The van der Waals surface area contributed by atoms with Crippen LogP contribution in [-0.4, -0.2) is 49.3 Å². The Morgan fingerprint density at radius 3 is 2.83 bits per heavy atom. The van der Waals surface area contributed by atoms with Crippen LogP contribution in [0.4, 0.5) is 5.82 Å². The van der Waals surface area contributed by atoms with Crippen molar-refractivity contribution in [3.8, 4) is 0 Å². The van der Waals surface area contributed by atoms with Crippen LogP contribution >= 0.6 is 24.0 Å². The number of hydrogen-bond acceptors (Lipinski definition) is 4. The molecule has 0 radical (unpaired) electrons. The van der Waals surface area contributed by atoms with Gasteiger partial charge in [0, 0.05) is 31.9 Å². The molecule has 1 aromatic rings. The van der Waals surface area contributed by atoms with Gasteiger partial charge in [0.15, 0.2) is 5.96 Å². The average molecular weight is 447 g/mol. The second-order valence-corrected chi connectivity index (χ2v) is 6.15. The molecular weight excluding hydrogens is 417 g/mol. The molecule has 0 aromatic carbocycles. The van der Waals surface area contributed by atoms with Crippen LogP contribution in [0.5, 0.6) is 0 Å². The van der Waals surface area contributed by atoms with Crippen molar-refractivity contribution in [3.05, 3.63) is 23.9 Å². The molecule has 0 aliphatic carbocycles. The molecule has 2 heterocycles. The molecule has 1 aliphatic rings. The lowest BCUT2D eigenvalue weighted by Crippen LogP contribution is -2.41. The van der Waals surface area contributed by atoms with E-state index in [0.717, 1.165) is 43.6 Å². The maximum Gasteiger partial charge on any atom is 0.191 e. The third-order valence-corrected chi connectivity index (χ3v) is 3.56. The van der Waals surface area contributed by atoms with E-state index in [1.54, 1.807) is 0 Å². The van der Waals surface area contributed by atoms with Crippen molar-refractivity contribution in [2.24, 2.45) is 4.99 Å². The van der Waals surface area contributed by atoms with Gasteiger partial charge in [0.25, 0.3) is 0 Å². The van der Waals surface area contributed by atoms with E-state index in [0.29, 0.717) is 12.6 Å². The first-order valence-corrected chi connectivity index (χ1v) is 8.44. The van der Waals surface area contributed by atoms with Crippen molar-refractivity contribution in [2.45, 2.75) is 46.4 Å². The molecule has 0 amide bonds. The van der Waals surface area contributed by atoms with Crippen LogP contribution in [0.15, 0.2) is 23.3 Å². The SMILES string of the molecule is CCNC(=NCc1ccc(N2CCOC(C)C2)nc1)NC(C)C.I. The number of anilines is 1. The van der Waals surface area contributed by atoms with Gasteiger partial charge in [0.2, 0.25) is 0 Å². The highest BCUT2D eigenvalue weighted by Gasteiger charge is 2.17. The highest BCUT2D eigenvalue weighted by Crippen LogP contribution is 2.15. The largest absolute Gasteiger partial charge is 0.375 e. The summed E-state index contributed by atoms with van der Waals surface area (Å²) in [6, 6.07) is 4.54. The van der Waals surface area contributed by atoms with Crippen molar-refractivity contribution >= 4 is 35.8 Å². The molecule has 136 valence electrons. The Labute approximate surface area is 162 Å². The number of aliphatic imine (C=N–C) groups is 1. The fourth-order valence-corrected chi connectivity index (χ4v) is 2.49. The van der Waals surface area contributed by atoms with Crippen LogP contribution in [0, 0.1) is 0 Å². The number of nitrogens with zero attached hydrogens (tertiary/aromatic N) is 3. The van der Waals surface area contributed by atoms with E-state index < -0.39 is 0 Å². The maximum absolute atomic E-state index is 5.57. The first-order chi connectivity index (χ1) is 11.1. The van der Waals surface area contributed by atoms with Gasteiger partial charge >= 0.3 is 0 Å². The number of ether oxygens (including phenoxy) is 1. The van der Waals surface area contributed by atoms with E-state index in [9.17, 15) is 0 Å². The third kappa shape index (κ3) is 6.80. The van der Waals surface area contributed by atoms with Gasteiger partial charge in [-0.25, -0.2) is 9.98 Å². The number of guanidine groups is 1. The van der Waals surface area contributed by atoms with Crippen molar-refractivity contribution in [1.82, 2.24) is 15.6 Å². The lowest BCUT2D eigenvalue weighted by molar-refractivity contribution is 0.0529. The molecule has 1 saturated heterocycles. The average Bonchev–Trinajstić information content (AvgIpc) is 2.53. The molecule has 1 aliphatic heterocycles. The fraction of sp³-hybridized carbons (Fsp3) is 0.647. The van der Waals surface area contributed by atoms with Gasteiger partial charge in [-0.05, 0) is 39.3 Å². The highest BCUT2D eigenvalue weighted by molar-refractivity contribution is 14.0. The van der Waals surface area contributed by atoms with Crippen LogP contribution < -0.4 is 15.5 Å². The first kappa shape index (κ1) is 21.0. The number of hydrogen-bond donors (Lipinski definition) is 2. The monoisotopic (exact) mass is 447 g/mol. The highest BCUT2D eigenvalue weighted by atomic mass is 127. The molecule has 0 bridgehead atoms. The van der Waals surface area contributed by atoms with Gasteiger partial charge in [0.1, 0.15) is 5.82 Å². The number of morpholine rings is 1. The molecule has 1 aromatic heterocycles. The molecule has 1 atom stereocenters. The Kier molecular flexibility index (Phi) is 9.35. The molecule has 2 rings (SSSR count). The summed E-state index contributed by atoms with van der Waals surface area (Å²) in [7, 11) is 0.